The van der Waals surface area contributed by atoms with Gasteiger partial charge in [-0.1, -0.05) is 42.3 Å². The van der Waals surface area contributed by atoms with E-state index in [1.54, 1.807) is 0 Å². The first-order valence-corrected chi connectivity index (χ1v) is 8.53. The quantitative estimate of drug-likeness (QED) is 0.645. The van der Waals surface area contributed by atoms with Crippen molar-refractivity contribution in [3.05, 3.63) is 58.0 Å². The number of halogens is 2. The molecule has 0 fully saturated rings. The maximum atomic E-state index is 6.44. The molecule has 2 aromatic heterocycles. The Morgan fingerprint density at radius 3 is 2.88 bits per heavy atom. The summed E-state index contributed by atoms with van der Waals surface area (Å²) in [5.74, 6) is 1.03. The summed E-state index contributed by atoms with van der Waals surface area (Å²) in [4.78, 5) is 4.60. The summed E-state index contributed by atoms with van der Waals surface area (Å²) in [6.45, 7) is 4.69. The monoisotopic (exact) mass is 359 g/mol. The average molecular weight is 360 g/mol. The van der Waals surface area contributed by atoms with E-state index in [2.05, 4.69) is 23.1 Å². The molecule has 2 heterocycles. The number of rotatable bonds is 3. The van der Waals surface area contributed by atoms with Crippen molar-refractivity contribution >= 4 is 34.6 Å². The highest BCUT2D eigenvalue weighted by Gasteiger charge is 2.27. The standard InChI is InChI=1S/C18H15Cl2N3O/c1-3-24-14-7-10(2)16-13(14)9-21-18-15(17(20)22-23(16)18)11-5-4-6-12(19)8-11/h4-10H,3H2,1-2H3. The fourth-order valence-corrected chi connectivity index (χ4v) is 3.63. The highest BCUT2D eigenvalue weighted by atomic mass is 35.5. The van der Waals surface area contributed by atoms with Gasteiger partial charge in [-0.05, 0) is 30.7 Å². The summed E-state index contributed by atoms with van der Waals surface area (Å²) in [7, 11) is 0. The van der Waals surface area contributed by atoms with E-state index in [4.69, 9.17) is 27.9 Å². The van der Waals surface area contributed by atoms with Gasteiger partial charge in [0.1, 0.15) is 5.76 Å². The van der Waals surface area contributed by atoms with Crippen molar-refractivity contribution in [1.29, 1.82) is 0 Å². The van der Waals surface area contributed by atoms with Gasteiger partial charge in [0.05, 0.1) is 23.4 Å². The van der Waals surface area contributed by atoms with Crippen LogP contribution in [0.4, 0.5) is 0 Å². The first-order valence-electron chi connectivity index (χ1n) is 7.78. The zero-order valence-corrected chi connectivity index (χ0v) is 14.8. The molecule has 4 nitrogen and oxygen atoms in total. The summed E-state index contributed by atoms with van der Waals surface area (Å²) < 4.78 is 7.54. The number of allylic oxidation sites excluding steroid dienone is 1. The van der Waals surface area contributed by atoms with E-state index in [9.17, 15) is 0 Å². The number of benzene rings is 1. The zero-order valence-electron chi connectivity index (χ0n) is 13.3. The topological polar surface area (TPSA) is 39.4 Å². The molecule has 1 aliphatic rings. The van der Waals surface area contributed by atoms with Crippen LogP contribution in [-0.4, -0.2) is 21.2 Å². The molecule has 6 heteroatoms. The molecule has 1 atom stereocenters. The molecule has 122 valence electrons. The maximum absolute atomic E-state index is 6.44. The van der Waals surface area contributed by atoms with Crippen LogP contribution in [0, 0.1) is 0 Å². The van der Waals surface area contributed by atoms with E-state index < -0.39 is 0 Å². The third-order valence-electron chi connectivity index (χ3n) is 4.15. The first kappa shape index (κ1) is 15.5. The van der Waals surface area contributed by atoms with Crippen LogP contribution in [0.25, 0.3) is 22.5 Å². The van der Waals surface area contributed by atoms with Crippen molar-refractivity contribution in [2.75, 3.05) is 6.61 Å². The van der Waals surface area contributed by atoms with E-state index in [0.717, 1.165) is 33.8 Å². The maximum Gasteiger partial charge on any atom is 0.164 e. The van der Waals surface area contributed by atoms with E-state index >= 15 is 0 Å². The van der Waals surface area contributed by atoms with Crippen LogP contribution in [0.2, 0.25) is 10.2 Å². The molecule has 24 heavy (non-hydrogen) atoms. The van der Waals surface area contributed by atoms with E-state index in [0.29, 0.717) is 16.8 Å². The molecule has 0 spiro atoms. The smallest absolute Gasteiger partial charge is 0.164 e. The largest absolute Gasteiger partial charge is 0.493 e. The number of hydrogen-bond donors (Lipinski definition) is 0. The molecule has 3 aromatic rings. The normalized spacial score (nSPS) is 16.3. The summed E-state index contributed by atoms with van der Waals surface area (Å²) in [5.41, 5.74) is 4.42. The molecule has 0 saturated heterocycles. The fourth-order valence-electron chi connectivity index (χ4n) is 3.17. The summed E-state index contributed by atoms with van der Waals surface area (Å²) in [5, 5.41) is 5.59. The zero-order chi connectivity index (χ0) is 16.8. The summed E-state index contributed by atoms with van der Waals surface area (Å²) in [6, 6.07) is 7.54. The van der Waals surface area contributed by atoms with Crippen molar-refractivity contribution < 1.29 is 4.74 Å². The SMILES string of the molecule is CCOC1=CC(C)c2c1cnc1c(-c3cccc(Cl)c3)c(Cl)nn21. The van der Waals surface area contributed by atoms with Crippen LogP contribution in [0.5, 0.6) is 0 Å². The molecular formula is C18H15Cl2N3O. The van der Waals surface area contributed by atoms with E-state index in [1.807, 2.05) is 41.9 Å². The molecule has 0 bridgehead atoms. The highest BCUT2D eigenvalue weighted by Crippen LogP contribution is 2.39. The second-order valence-corrected chi connectivity index (χ2v) is 6.52. The van der Waals surface area contributed by atoms with Gasteiger partial charge in [0.25, 0.3) is 0 Å². The second kappa shape index (κ2) is 5.80. The van der Waals surface area contributed by atoms with Gasteiger partial charge in [-0.2, -0.15) is 5.10 Å². The van der Waals surface area contributed by atoms with Crippen molar-refractivity contribution in [3.8, 4) is 11.1 Å². The molecule has 0 radical (unpaired) electrons. The molecule has 0 amide bonds. The third kappa shape index (κ3) is 2.29. The molecule has 4 rings (SSSR count). The van der Waals surface area contributed by atoms with Gasteiger partial charge in [0, 0.05) is 17.1 Å². The molecule has 1 unspecified atom stereocenters. The Hall–Kier alpha value is -2.04. The third-order valence-corrected chi connectivity index (χ3v) is 4.65. The fraction of sp³-hybridized carbons (Fsp3) is 0.222. The molecule has 1 aromatic carbocycles. The number of fused-ring (bicyclic) bond motifs is 3. The van der Waals surface area contributed by atoms with Crippen LogP contribution in [-0.2, 0) is 4.74 Å². The van der Waals surface area contributed by atoms with Gasteiger partial charge in [-0.15, -0.1) is 0 Å². The van der Waals surface area contributed by atoms with Crippen LogP contribution in [0.1, 0.15) is 31.0 Å². The van der Waals surface area contributed by atoms with Gasteiger partial charge in [0.2, 0.25) is 0 Å². The Labute approximate surface area is 149 Å². The second-order valence-electron chi connectivity index (χ2n) is 5.72. The summed E-state index contributed by atoms with van der Waals surface area (Å²) >= 11 is 12.6. The van der Waals surface area contributed by atoms with Crippen LogP contribution in [0.3, 0.4) is 0 Å². The van der Waals surface area contributed by atoms with Crippen LogP contribution in [0.15, 0.2) is 36.5 Å². The molecular weight excluding hydrogens is 345 g/mol. The summed E-state index contributed by atoms with van der Waals surface area (Å²) in [6.07, 6.45) is 3.92. The Balaban J connectivity index is 1.95. The lowest BCUT2D eigenvalue weighted by Crippen LogP contribution is -2.03. The minimum absolute atomic E-state index is 0.176. The van der Waals surface area contributed by atoms with E-state index in [1.165, 1.54) is 0 Å². The Morgan fingerprint density at radius 1 is 1.29 bits per heavy atom. The average Bonchev–Trinajstić information content (AvgIpc) is 3.04. The lowest BCUT2D eigenvalue weighted by Gasteiger charge is -2.09. The van der Waals surface area contributed by atoms with Crippen molar-refractivity contribution in [3.63, 3.8) is 0 Å². The van der Waals surface area contributed by atoms with Gasteiger partial charge < -0.3 is 4.74 Å². The molecule has 0 N–H and O–H groups in total. The number of nitrogens with zero attached hydrogens (tertiary/aromatic N) is 3. The Bertz CT molecular complexity index is 978. The minimum atomic E-state index is 0.176. The van der Waals surface area contributed by atoms with Crippen LogP contribution >= 0.6 is 23.2 Å². The van der Waals surface area contributed by atoms with Gasteiger partial charge >= 0.3 is 0 Å². The lowest BCUT2D eigenvalue weighted by molar-refractivity contribution is 0.298. The predicted molar refractivity (Wildman–Crippen MR) is 96.5 cm³/mol. The lowest BCUT2D eigenvalue weighted by atomic mass is 10.1. The number of aromatic nitrogens is 3. The van der Waals surface area contributed by atoms with Crippen molar-refractivity contribution in [2.24, 2.45) is 0 Å². The van der Waals surface area contributed by atoms with Crippen molar-refractivity contribution in [2.45, 2.75) is 19.8 Å². The Morgan fingerprint density at radius 2 is 2.12 bits per heavy atom. The van der Waals surface area contributed by atoms with Crippen molar-refractivity contribution in [1.82, 2.24) is 14.6 Å². The van der Waals surface area contributed by atoms with Gasteiger partial charge in [0.15, 0.2) is 10.8 Å². The highest BCUT2D eigenvalue weighted by molar-refractivity contribution is 6.33. The Kier molecular flexibility index (Phi) is 3.74. The van der Waals surface area contributed by atoms with Crippen LogP contribution < -0.4 is 0 Å². The predicted octanol–water partition coefficient (Wildman–Crippen LogP) is 5.20. The van der Waals surface area contributed by atoms with Gasteiger partial charge in [-0.25, -0.2) is 9.50 Å². The minimum Gasteiger partial charge on any atom is -0.493 e. The first-order chi connectivity index (χ1) is 11.6. The molecule has 0 saturated carbocycles. The molecule has 1 aliphatic carbocycles. The number of ether oxygens (including phenoxy) is 1. The molecule has 0 aliphatic heterocycles. The van der Waals surface area contributed by atoms with Gasteiger partial charge in [-0.3, -0.25) is 0 Å². The number of hydrogen-bond acceptors (Lipinski definition) is 3. The van der Waals surface area contributed by atoms with E-state index in [-0.39, 0.29) is 5.92 Å².